The van der Waals surface area contributed by atoms with Gasteiger partial charge in [0.05, 0.1) is 10.6 Å². The van der Waals surface area contributed by atoms with Crippen molar-refractivity contribution in [2.45, 2.75) is 27.4 Å². The molecule has 4 aromatic rings. The summed E-state index contributed by atoms with van der Waals surface area (Å²) in [7, 11) is -3.96. The standard InChI is InChI=1S/C29H28N2O3S3/c1-22-8-14-25(15-9-22)31(37(33,34)28-18-16-26(35-2)17-19-28)20-29(32)30-24-12-10-23(11-13-24)21-36-27-6-4-3-5-7-27/h3-19H,20-21H2,1-2H3,(H,30,32). The van der Waals surface area contributed by atoms with E-state index in [4.69, 9.17) is 0 Å². The molecular formula is C29H28N2O3S3. The van der Waals surface area contributed by atoms with Crippen LogP contribution in [-0.2, 0) is 20.6 Å². The van der Waals surface area contributed by atoms with Crippen molar-refractivity contribution in [3.8, 4) is 0 Å². The lowest BCUT2D eigenvalue weighted by atomic mass is 10.2. The van der Waals surface area contributed by atoms with Crippen molar-refractivity contribution in [1.29, 1.82) is 0 Å². The van der Waals surface area contributed by atoms with E-state index >= 15 is 0 Å². The number of thioether (sulfide) groups is 2. The fraction of sp³-hybridized carbons (Fsp3) is 0.138. The zero-order chi connectivity index (χ0) is 26.3. The molecule has 0 unspecified atom stereocenters. The molecule has 5 nitrogen and oxygen atoms in total. The average Bonchev–Trinajstić information content (AvgIpc) is 2.92. The lowest BCUT2D eigenvalue weighted by Gasteiger charge is -2.24. The van der Waals surface area contributed by atoms with E-state index in [9.17, 15) is 13.2 Å². The third-order valence-electron chi connectivity index (χ3n) is 5.64. The Kier molecular flexibility index (Phi) is 8.97. The van der Waals surface area contributed by atoms with E-state index in [-0.39, 0.29) is 11.4 Å². The third kappa shape index (κ3) is 7.19. The summed E-state index contributed by atoms with van der Waals surface area (Å²) in [4.78, 5) is 15.3. The van der Waals surface area contributed by atoms with E-state index in [1.54, 1.807) is 48.2 Å². The Balaban J connectivity index is 1.48. The first-order valence-corrected chi connectivity index (χ1v) is 15.3. The number of carbonyl (C=O) groups excluding carboxylic acids is 1. The number of nitrogens with one attached hydrogen (secondary N) is 1. The summed E-state index contributed by atoms with van der Waals surface area (Å²) >= 11 is 3.28. The van der Waals surface area contributed by atoms with E-state index in [2.05, 4.69) is 17.4 Å². The van der Waals surface area contributed by atoms with Crippen LogP contribution in [-0.4, -0.2) is 27.1 Å². The minimum absolute atomic E-state index is 0.138. The van der Waals surface area contributed by atoms with Gasteiger partial charge in [0, 0.05) is 21.2 Å². The zero-order valence-electron chi connectivity index (χ0n) is 20.6. The Morgan fingerprint density at radius 3 is 2.08 bits per heavy atom. The summed E-state index contributed by atoms with van der Waals surface area (Å²) in [5.74, 6) is 0.392. The van der Waals surface area contributed by atoms with E-state index in [0.29, 0.717) is 11.4 Å². The number of amides is 1. The Hall–Kier alpha value is -3.20. The predicted molar refractivity (Wildman–Crippen MR) is 155 cm³/mol. The SMILES string of the molecule is CSc1ccc(S(=O)(=O)N(CC(=O)Nc2ccc(CSc3ccccc3)cc2)c2ccc(C)cc2)cc1. The van der Waals surface area contributed by atoms with Crippen molar-refractivity contribution < 1.29 is 13.2 Å². The van der Waals surface area contributed by atoms with Crippen LogP contribution < -0.4 is 9.62 Å². The highest BCUT2D eigenvalue weighted by atomic mass is 32.2. The molecule has 0 saturated carbocycles. The van der Waals surface area contributed by atoms with Gasteiger partial charge >= 0.3 is 0 Å². The van der Waals surface area contributed by atoms with E-state index in [1.807, 2.05) is 67.8 Å². The summed E-state index contributed by atoms with van der Waals surface area (Å²) in [5, 5.41) is 2.84. The molecule has 0 aliphatic rings. The van der Waals surface area contributed by atoms with Crippen molar-refractivity contribution in [3.63, 3.8) is 0 Å². The molecule has 0 heterocycles. The molecule has 0 saturated heterocycles. The first-order chi connectivity index (χ1) is 17.8. The molecular weight excluding hydrogens is 521 g/mol. The van der Waals surface area contributed by atoms with Gasteiger partial charge in [0.1, 0.15) is 6.54 Å². The van der Waals surface area contributed by atoms with Gasteiger partial charge in [-0.3, -0.25) is 9.10 Å². The number of sulfonamides is 1. The number of benzene rings is 4. The molecule has 37 heavy (non-hydrogen) atoms. The van der Waals surface area contributed by atoms with Crippen LogP contribution in [0.4, 0.5) is 11.4 Å². The molecule has 8 heteroatoms. The molecule has 1 N–H and O–H groups in total. The van der Waals surface area contributed by atoms with Crippen LogP contribution in [0.5, 0.6) is 0 Å². The van der Waals surface area contributed by atoms with Crippen LogP contribution in [0.1, 0.15) is 11.1 Å². The quantitative estimate of drug-likeness (QED) is 0.220. The van der Waals surface area contributed by atoms with Gasteiger partial charge in [-0.05, 0) is 79.4 Å². The van der Waals surface area contributed by atoms with Crippen molar-refractivity contribution in [1.82, 2.24) is 0 Å². The fourth-order valence-corrected chi connectivity index (χ4v) is 6.30. The Morgan fingerprint density at radius 2 is 1.46 bits per heavy atom. The van der Waals surface area contributed by atoms with E-state index in [1.165, 1.54) is 16.7 Å². The molecule has 0 aromatic heterocycles. The zero-order valence-corrected chi connectivity index (χ0v) is 23.1. The molecule has 4 rings (SSSR count). The first kappa shape index (κ1) is 26.9. The highest BCUT2D eigenvalue weighted by Gasteiger charge is 2.27. The number of rotatable bonds is 10. The van der Waals surface area contributed by atoms with Gasteiger partial charge in [-0.15, -0.1) is 23.5 Å². The average molecular weight is 549 g/mol. The third-order valence-corrected chi connectivity index (χ3v) is 9.26. The highest BCUT2D eigenvalue weighted by molar-refractivity contribution is 7.98. The Labute approximate surface area is 227 Å². The largest absolute Gasteiger partial charge is 0.325 e. The van der Waals surface area contributed by atoms with E-state index < -0.39 is 15.9 Å². The molecule has 0 aliphatic heterocycles. The summed E-state index contributed by atoms with van der Waals surface area (Å²) in [5.41, 5.74) is 3.18. The first-order valence-electron chi connectivity index (χ1n) is 11.7. The number of hydrogen-bond acceptors (Lipinski definition) is 5. The molecule has 0 atom stereocenters. The normalized spacial score (nSPS) is 11.2. The molecule has 4 aromatic carbocycles. The Morgan fingerprint density at radius 1 is 0.811 bits per heavy atom. The van der Waals surface area contributed by atoms with Crippen molar-refractivity contribution in [2.24, 2.45) is 0 Å². The van der Waals surface area contributed by atoms with Gasteiger partial charge in [0.15, 0.2) is 0 Å². The molecule has 0 bridgehead atoms. The van der Waals surface area contributed by atoms with Crippen molar-refractivity contribution >= 4 is 50.8 Å². The maximum atomic E-state index is 13.6. The maximum absolute atomic E-state index is 13.6. The van der Waals surface area contributed by atoms with Crippen LogP contribution in [0.3, 0.4) is 0 Å². The van der Waals surface area contributed by atoms with Crippen LogP contribution in [0.15, 0.2) is 118 Å². The minimum Gasteiger partial charge on any atom is -0.325 e. The number of nitrogens with zero attached hydrogens (tertiary/aromatic N) is 1. The molecule has 190 valence electrons. The highest BCUT2D eigenvalue weighted by Crippen LogP contribution is 2.26. The van der Waals surface area contributed by atoms with Gasteiger partial charge in [-0.2, -0.15) is 0 Å². The number of anilines is 2. The number of hydrogen-bond donors (Lipinski definition) is 1. The summed E-state index contributed by atoms with van der Waals surface area (Å²) < 4.78 is 28.3. The number of carbonyl (C=O) groups is 1. The van der Waals surface area contributed by atoms with Gasteiger partial charge in [0.25, 0.3) is 10.0 Å². The van der Waals surface area contributed by atoms with E-state index in [0.717, 1.165) is 26.1 Å². The van der Waals surface area contributed by atoms with Crippen molar-refractivity contribution in [2.75, 3.05) is 22.4 Å². The van der Waals surface area contributed by atoms with Gasteiger partial charge in [-0.1, -0.05) is 48.0 Å². The second-order valence-electron chi connectivity index (χ2n) is 8.37. The van der Waals surface area contributed by atoms with Gasteiger partial charge in [0.2, 0.25) is 5.91 Å². The number of aryl methyl sites for hydroxylation is 1. The van der Waals surface area contributed by atoms with Crippen molar-refractivity contribution in [3.05, 3.63) is 114 Å². The predicted octanol–water partition coefficient (Wildman–Crippen LogP) is 6.84. The smallest absolute Gasteiger partial charge is 0.264 e. The van der Waals surface area contributed by atoms with Crippen LogP contribution in [0.25, 0.3) is 0 Å². The molecule has 0 radical (unpaired) electrons. The molecule has 0 fully saturated rings. The lowest BCUT2D eigenvalue weighted by Crippen LogP contribution is -2.38. The lowest BCUT2D eigenvalue weighted by molar-refractivity contribution is -0.114. The van der Waals surface area contributed by atoms with Gasteiger partial charge < -0.3 is 5.32 Å². The molecule has 1 amide bonds. The summed E-state index contributed by atoms with van der Waals surface area (Å²) in [6, 6.07) is 31.6. The van der Waals surface area contributed by atoms with Crippen LogP contribution in [0.2, 0.25) is 0 Å². The minimum atomic E-state index is -3.96. The maximum Gasteiger partial charge on any atom is 0.264 e. The fourth-order valence-electron chi connectivity index (χ4n) is 3.60. The second kappa shape index (κ2) is 12.4. The summed E-state index contributed by atoms with van der Waals surface area (Å²) in [6.07, 6.45) is 1.93. The van der Waals surface area contributed by atoms with Crippen LogP contribution in [0, 0.1) is 6.92 Å². The molecule has 0 aliphatic carbocycles. The Bertz CT molecular complexity index is 1420. The molecule has 0 spiro atoms. The van der Waals surface area contributed by atoms with Gasteiger partial charge in [-0.25, -0.2) is 8.42 Å². The monoisotopic (exact) mass is 548 g/mol. The second-order valence-corrected chi connectivity index (χ2v) is 12.2. The summed E-state index contributed by atoms with van der Waals surface area (Å²) in [6.45, 7) is 1.58. The topological polar surface area (TPSA) is 66.5 Å². The van der Waals surface area contributed by atoms with Crippen LogP contribution >= 0.6 is 23.5 Å².